The van der Waals surface area contributed by atoms with E-state index in [1.165, 1.54) is 6.07 Å². The Morgan fingerprint density at radius 3 is 2.46 bits per heavy atom. The van der Waals surface area contributed by atoms with Gasteiger partial charge in [-0.25, -0.2) is 4.79 Å². The summed E-state index contributed by atoms with van der Waals surface area (Å²) in [6.45, 7) is 3.21. The van der Waals surface area contributed by atoms with Crippen LogP contribution in [0.25, 0.3) is 11.0 Å². The molecule has 0 aliphatic heterocycles. The summed E-state index contributed by atoms with van der Waals surface area (Å²) in [5, 5.41) is 1.54. The normalized spacial score (nSPS) is 11.2. The van der Waals surface area contributed by atoms with E-state index in [1.54, 1.807) is 14.2 Å². The third-order valence-electron chi connectivity index (χ3n) is 4.74. The number of fused-ring (bicyclic) bond motifs is 1. The van der Waals surface area contributed by atoms with Crippen LogP contribution in [0.4, 0.5) is 0 Å². The van der Waals surface area contributed by atoms with Crippen LogP contribution < -0.4 is 15.1 Å². The van der Waals surface area contributed by atoms with E-state index in [1.807, 2.05) is 44.3 Å². The highest BCUT2D eigenvalue weighted by Crippen LogP contribution is 2.32. The summed E-state index contributed by atoms with van der Waals surface area (Å²) in [7, 11) is 5.24. The van der Waals surface area contributed by atoms with Crippen molar-refractivity contribution >= 4 is 22.6 Å². The Morgan fingerprint density at radius 2 is 1.79 bits per heavy atom. The average molecular weight is 402 g/mol. The van der Waals surface area contributed by atoms with E-state index in [2.05, 4.69) is 4.90 Å². The molecular formula is C22H24ClNO4. The van der Waals surface area contributed by atoms with Crippen LogP contribution in [0, 0.1) is 0 Å². The van der Waals surface area contributed by atoms with E-state index in [4.69, 9.17) is 25.5 Å². The number of nitrogens with zero attached hydrogens (tertiary/aromatic N) is 1. The molecule has 1 aromatic heterocycles. The molecule has 0 unspecified atom stereocenters. The lowest BCUT2D eigenvalue weighted by molar-refractivity contribution is 0.303. The summed E-state index contributed by atoms with van der Waals surface area (Å²) < 4.78 is 16.3. The lowest BCUT2D eigenvalue weighted by Crippen LogP contribution is -2.19. The van der Waals surface area contributed by atoms with E-state index in [9.17, 15) is 4.79 Å². The van der Waals surface area contributed by atoms with E-state index in [-0.39, 0.29) is 5.63 Å². The maximum absolute atomic E-state index is 12.1. The third-order valence-corrected chi connectivity index (χ3v) is 5.09. The lowest BCUT2D eigenvalue weighted by atomic mass is 10.1. The highest BCUT2D eigenvalue weighted by Gasteiger charge is 2.14. The largest absolute Gasteiger partial charge is 0.493 e. The molecule has 3 aromatic rings. The van der Waals surface area contributed by atoms with Gasteiger partial charge in [0.05, 0.1) is 14.2 Å². The van der Waals surface area contributed by atoms with Gasteiger partial charge in [0.15, 0.2) is 11.5 Å². The Labute approximate surface area is 169 Å². The van der Waals surface area contributed by atoms with Crippen molar-refractivity contribution in [2.75, 3.05) is 21.3 Å². The SMILES string of the molecule is CCc1cc2oc(=O)cc(CN(C)Cc3cccc(OC)c3OC)c2cc1Cl. The number of benzene rings is 2. The second kappa shape index (κ2) is 8.67. The first kappa shape index (κ1) is 20.2. The minimum absolute atomic E-state index is 0.362. The van der Waals surface area contributed by atoms with Gasteiger partial charge in [-0.3, -0.25) is 4.90 Å². The number of halogens is 1. The second-order valence-electron chi connectivity index (χ2n) is 6.71. The van der Waals surface area contributed by atoms with E-state index >= 15 is 0 Å². The molecule has 0 N–H and O–H groups in total. The monoisotopic (exact) mass is 401 g/mol. The fraction of sp³-hybridized carbons (Fsp3) is 0.318. The zero-order valence-corrected chi connectivity index (χ0v) is 17.3. The van der Waals surface area contributed by atoms with Crippen molar-refractivity contribution in [1.29, 1.82) is 0 Å². The molecule has 0 spiro atoms. The molecule has 0 aliphatic carbocycles. The molecule has 148 valence electrons. The van der Waals surface area contributed by atoms with Crippen LogP contribution >= 0.6 is 11.6 Å². The molecule has 0 saturated heterocycles. The second-order valence-corrected chi connectivity index (χ2v) is 7.12. The van der Waals surface area contributed by atoms with Crippen molar-refractivity contribution in [2.24, 2.45) is 0 Å². The predicted octanol–water partition coefficient (Wildman–Crippen LogP) is 4.66. The van der Waals surface area contributed by atoms with Gasteiger partial charge in [0, 0.05) is 35.1 Å². The molecule has 3 rings (SSSR count). The van der Waals surface area contributed by atoms with Gasteiger partial charge in [0.25, 0.3) is 0 Å². The molecule has 1 heterocycles. The zero-order valence-electron chi connectivity index (χ0n) is 16.5. The van der Waals surface area contributed by atoms with E-state index < -0.39 is 0 Å². The van der Waals surface area contributed by atoms with Gasteiger partial charge in [-0.15, -0.1) is 0 Å². The molecular weight excluding hydrogens is 378 g/mol. The zero-order chi connectivity index (χ0) is 20.3. The van der Waals surface area contributed by atoms with Gasteiger partial charge < -0.3 is 13.9 Å². The highest BCUT2D eigenvalue weighted by molar-refractivity contribution is 6.32. The highest BCUT2D eigenvalue weighted by atomic mass is 35.5. The first-order valence-corrected chi connectivity index (χ1v) is 9.48. The van der Waals surface area contributed by atoms with Crippen LogP contribution in [-0.4, -0.2) is 26.2 Å². The van der Waals surface area contributed by atoms with Gasteiger partial charge in [-0.05, 0) is 42.8 Å². The van der Waals surface area contributed by atoms with Gasteiger partial charge in [-0.2, -0.15) is 0 Å². The summed E-state index contributed by atoms with van der Waals surface area (Å²) in [4.78, 5) is 14.2. The molecule has 0 aliphatic rings. The van der Waals surface area contributed by atoms with Crippen LogP contribution in [-0.2, 0) is 19.5 Å². The first-order valence-electron chi connectivity index (χ1n) is 9.10. The minimum atomic E-state index is -0.362. The predicted molar refractivity (Wildman–Crippen MR) is 112 cm³/mol. The van der Waals surface area contributed by atoms with Crippen molar-refractivity contribution in [1.82, 2.24) is 4.90 Å². The van der Waals surface area contributed by atoms with Crippen LogP contribution in [0.2, 0.25) is 5.02 Å². The van der Waals surface area contributed by atoms with Crippen LogP contribution in [0.15, 0.2) is 45.6 Å². The van der Waals surface area contributed by atoms with Gasteiger partial charge in [0.1, 0.15) is 5.58 Å². The standard InChI is InChI=1S/C22H24ClNO4/c1-5-14-9-20-17(11-18(14)23)16(10-21(25)28-20)13-24(2)12-15-7-6-8-19(26-3)22(15)27-4/h6-11H,5,12-13H2,1-4H3. The Bertz CT molecular complexity index is 1040. The smallest absolute Gasteiger partial charge is 0.336 e. The van der Waals surface area contributed by atoms with Crippen molar-refractivity contribution in [3.63, 3.8) is 0 Å². The number of hydrogen-bond acceptors (Lipinski definition) is 5. The van der Waals surface area contributed by atoms with Crippen molar-refractivity contribution in [3.05, 3.63) is 68.5 Å². The van der Waals surface area contributed by atoms with Crippen molar-refractivity contribution in [2.45, 2.75) is 26.4 Å². The Kier molecular flexibility index (Phi) is 6.27. The van der Waals surface area contributed by atoms with Crippen LogP contribution in [0.1, 0.15) is 23.6 Å². The number of ether oxygens (including phenoxy) is 2. The number of methoxy groups -OCH3 is 2. The maximum Gasteiger partial charge on any atom is 0.336 e. The average Bonchev–Trinajstić information content (AvgIpc) is 2.67. The summed E-state index contributed by atoms with van der Waals surface area (Å²) in [6, 6.07) is 11.1. The molecule has 5 nitrogen and oxygen atoms in total. The number of hydrogen-bond donors (Lipinski definition) is 0. The van der Waals surface area contributed by atoms with Crippen molar-refractivity contribution in [3.8, 4) is 11.5 Å². The van der Waals surface area contributed by atoms with Crippen molar-refractivity contribution < 1.29 is 13.9 Å². The van der Waals surface area contributed by atoms with Gasteiger partial charge in [-0.1, -0.05) is 30.7 Å². The lowest BCUT2D eigenvalue weighted by Gasteiger charge is -2.20. The van der Waals surface area contributed by atoms with Gasteiger partial charge >= 0.3 is 5.63 Å². The first-order chi connectivity index (χ1) is 13.5. The molecule has 28 heavy (non-hydrogen) atoms. The number of aryl methyl sites for hydroxylation is 1. The maximum atomic E-state index is 12.1. The van der Waals surface area contributed by atoms with Crippen LogP contribution in [0.5, 0.6) is 11.5 Å². The number of para-hydroxylation sites is 1. The number of rotatable bonds is 7. The van der Waals surface area contributed by atoms with E-state index in [0.717, 1.165) is 28.5 Å². The molecule has 0 fully saturated rings. The van der Waals surface area contributed by atoms with Crippen LogP contribution in [0.3, 0.4) is 0 Å². The molecule has 0 amide bonds. The molecule has 0 radical (unpaired) electrons. The minimum Gasteiger partial charge on any atom is -0.493 e. The molecule has 0 saturated carbocycles. The Hall–Kier alpha value is -2.50. The fourth-order valence-electron chi connectivity index (χ4n) is 3.41. The third kappa shape index (κ3) is 4.16. The quantitative estimate of drug-likeness (QED) is 0.539. The molecule has 6 heteroatoms. The van der Waals surface area contributed by atoms with Gasteiger partial charge in [0.2, 0.25) is 0 Å². The molecule has 2 aromatic carbocycles. The molecule has 0 bridgehead atoms. The fourth-order valence-corrected chi connectivity index (χ4v) is 3.70. The summed E-state index contributed by atoms with van der Waals surface area (Å²) in [6.07, 6.45) is 0.776. The summed E-state index contributed by atoms with van der Waals surface area (Å²) >= 11 is 6.39. The Balaban J connectivity index is 1.93. The topological polar surface area (TPSA) is 51.9 Å². The van der Waals surface area contributed by atoms with E-state index in [0.29, 0.717) is 35.2 Å². The molecule has 0 atom stereocenters. The summed E-state index contributed by atoms with van der Waals surface area (Å²) in [5.41, 5.74) is 3.04. The Morgan fingerprint density at radius 1 is 1.04 bits per heavy atom. The summed E-state index contributed by atoms with van der Waals surface area (Å²) in [5.74, 6) is 1.41.